The predicted octanol–water partition coefficient (Wildman–Crippen LogP) is 2.31. The van der Waals surface area contributed by atoms with Crippen LogP contribution >= 0.6 is 0 Å². The Balaban J connectivity index is 2.05. The summed E-state index contributed by atoms with van der Waals surface area (Å²) in [4.78, 5) is 2.38. The third kappa shape index (κ3) is 3.20. The molecule has 3 heteroatoms. The molecule has 2 aliphatic rings. The van der Waals surface area contributed by atoms with Gasteiger partial charge in [0.2, 0.25) is 0 Å². The van der Waals surface area contributed by atoms with Gasteiger partial charge >= 0.3 is 0 Å². The summed E-state index contributed by atoms with van der Waals surface area (Å²) in [7, 11) is 0. The van der Waals surface area contributed by atoms with Crippen LogP contribution in [0.5, 0.6) is 0 Å². The molecule has 1 saturated heterocycles. The maximum atomic E-state index is 10.2. The van der Waals surface area contributed by atoms with E-state index in [0.29, 0.717) is 6.04 Å². The minimum absolute atomic E-state index is 0.173. The van der Waals surface area contributed by atoms with Gasteiger partial charge in [0.25, 0.3) is 0 Å². The summed E-state index contributed by atoms with van der Waals surface area (Å²) in [6.07, 6.45) is 7.82. The highest BCUT2D eigenvalue weighted by Gasteiger charge is 2.35. The van der Waals surface area contributed by atoms with E-state index in [-0.39, 0.29) is 5.92 Å². The van der Waals surface area contributed by atoms with Crippen LogP contribution in [-0.2, 0) is 0 Å². The molecule has 0 amide bonds. The molecule has 96 valence electrons. The number of hydrogen-bond acceptors (Lipinski definition) is 3. The lowest BCUT2D eigenvalue weighted by Crippen LogP contribution is -2.52. The van der Waals surface area contributed by atoms with Crippen LogP contribution in [0.4, 0.5) is 0 Å². The van der Waals surface area contributed by atoms with Gasteiger partial charge in [0.15, 0.2) is 0 Å². The van der Waals surface area contributed by atoms with Gasteiger partial charge in [-0.25, -0.2) is 0 Å². The number of hydrogen-bond donors (Lipinski definition) is 1. The number of β-amino-alcohol motifs (C(OH)–C–C–N with tert-alkyl or cyclic N) is 1. The van der Waals surface area contributed by atoms with E-state index < -0.39 is 5.60 Å². The van der Waals surface area contributed by atoms with E-state index in [1.165, 1.54) is 19.3 Å². The first-order valence-corrected chi connectivity index (χ1v) is 6.98. The molecule has 0 bridgehead atoms. The molecule has 2 fully saturated rings. The van der Waals surface area contributed by atoms with E-state index in [9.17, 15) is 10.4 Å². The Morgan fingerprint density at radius 3 is 2.71 bits per heavy atom. The van der Waals surface area contributed by atoms with Crippen molar-refractivity contribution in [3.05, 3.63) is 0 Å². The largest absolute Gasteiger partial charge is 0.389 e. The quantitative estimate of drug-likeness (QED) is 0.711. The lowest BCUT2D eigenvalue weighted by Gasteiger charge is -2.42. The molecular weight excluding hydrogens is 212 g/mol. The summed E-state index contributed by atoms with van der Waals surface area (Å²) in [5, 5.41) is 19.5. The fraction of sp³-hybridized carbons (Fsp3) is 0.929. The molecular formula is C14H24N2O. The number of nitriles is 1. The van der Waals surface area contributed by atoms with Crippen molar-refractivity contribution in [3.63, 3.8) is 0 Å². The average Bonchev–Trinajstić information content (AvgIpc) is 2.52. The zero-order chi connectivity index (χ0) is 12.3. The maximum absolute atomic E-state index is 10.2. The monoisotopic (exact) mass is 236 g/mol. The fourth-order valence-corrected chi connectivity index (χ4v) is 3.42. The highest BCUT2D eigenvalue weighted by Crippen LogP contribution is 2.31. The van der Waals surface area contributed by atoms with Crippen LogP contribution < -0.4 is 0 Å². The topological polar surface area (TPSA) is 47.3 Å². The number of nitrogens with zero attached hydrogens (tertiary/aromatic N) is 2. The Morgan fingerprint density at radius 1 is 1.24 bits per heavy atom. The van der Waals surface area contributed by atoms with E-state index in [0.717, 1.165) is 38.8 Å². The van der Waals surface area contributed by atoms with Gasteiger partial charge < -0.3 is 5.11 Å². The van der Waals surface area contributed by atoms with Crippen molar-refractivity contribution in [2.24, 2.45) is 5.92 Å². The molecule has 1 N–H and O–H groups in total. The van der Waals surface area contributed by atoms with E-state index in [1.807, 2.05) is 6.92 Å². The predicted molar refractivity (Wildman–Crippen MR) is 67.4 cm³/mol. The SMILES string of the molecule is CC1(O)CCCN(C2CCCCCC2C#N)C1. The van der Waals surface area contributed by atoms with Gasteiger partial charge in [-0.15, -0.1) is 0 Å². The maximum Gasteiger partial charge on any atom is 0.0746 e. The fourth-order valence-electron chi connectivity index (χ4n) is 3.42. The Hall–Kier alpha value is -0.590. The molecule has 3 atom stereocenters. The first-order chi connectivity index (χ1) is 8.12. The molecule has 17 heavy (non-hydrogen) atoms. The van der Waals surface area contributed by atoms with Crippen LogP contribution in [0.1, 0.15) is 51.9 Å². The molecule has 0 spiro atoms. The normalized spacial score (nSPS) is 40.5. The summed E-state index contributed by atoms with van der Waals surface area (Å²) < 4.78 is 0. The van der Waals surface area contributed by atoms with Crippen molar-refractivity contribution < 1.29 is 5.11 Å². The zero-order valence-electron chi connectivity index (χ0n) is 10.9. The van der Waals surface area contributed by atoms with Gasteiger partial charge in [-0.1, -0.05) is 19.3 Å². The van der Waals surface area contributed by atoms with Gasteiger partial charge in [0.05, 0.1) is 17.6 Å². The van der Waals surface area contributed by atoms with Crippen molar-refractivity contribution in [1.29, 1.82) is 5.26 Å². The second kappa shape index (κ2) is 5.37. The number of rotatable bonds is 1. The second-order valence-electron chi connectivity index (χ2n) is 6.01. The van der Waals surface area contributed by atoms with Crippen LogP contribution in [0.25, 0.3) is 0 Å². The van der Waals surface area contributed by atoms with E-state index >= 15 is 0 Å². The van der Waals surface area contributed by atoms with Gasteiger partial charge in [-0.3, -0.25) is 4.90 Å². The smallest absolute Gasteiger partial charge is 0.0746 e. The molecule has 1 aliphatic heterocycles. The number of likely N-dealkylation sites (tertiary alicyclic amines) is 1. The molecule has 0 radical (unpaired) electrons. The molecule has 1 heterocycles. The Bertz CT molecular complexity index is 295. The van der Waals surface area contributed by atoms with Crippen molar-refractivity contribution in [1.82, 2.24) is 4.90 Å². The summed E-state index contributed by atoms with van der Waals surface area (Å²) in [6, 6.07) is 2.88. The van der Waals surface area contributed by atoms with Gasteiger partial charge in [-0.05, 0) is 39.2 Å². The molecule has 3 nitrogen and oxygen atoms in total. The molecule has 0 aromatic rings. The standard InChI is InChI=1S/C14H24N2O/c1-14(17)8-5-9-16(11-14)13-7-4-2-3-6-12(13)10-15/h12-13,17H,2-9,11H2,1H3. The minimum Gasteiger partial charge on any atom is -0.389 e. The molecule has 2 rings (SSSR count). The van der Waals surface area contributed by atoms with Crippen molar-refractivity contribution in [3.8, 4) is 6.07 Å². The third-order valence-electron chi connectivity index (χ3n) is 4.32. The lowest BCUT2D eigenvalue weighted by atomic mass is 9.89. The van der Waals surface area contributed by atoms with Crippen LogP contribution in [0.3, 0.4) is 0 Å². The number of piperidine rings is 1. The van der Waals surface area contributed by atoms with Gasteiger partial charge in [0, 0.05) is 12.6 Å². The Kier molecular flexibility index (Phi) is 4.06. The number of aliphatic hydroxyl groups is 1. The Labute approximate surface area is 104 Å². The summed E-state index contributed by atoms with van der Waals surface area (Å²) in [5.74, 6) is 0.173. The molecule has 0 aromatic heterocycles. The van der Waals surface area contributed by atoms with Crippen LogP contribution in [0.2, 0.25) is 0 Å². The lowest BCUT2D eigenvalue weighted by molar-refractivity contribution is -0.0364. The Morgan fingerprint density at radius 2 is 2.00 bits per heavy atom. The van der Waals surface area contributed by atoms with Crippen molar-refractivity contribution >= 4 is 0 Å². The first kappa shape index (κ1) is 12.9. The minimum atomic E-state index is -0.551. The zero-order valence-corrected chi connectivity index (χ0v) is 10.9. The molecule has 1 aliphatic carbocycles. The van der Waals surface area contributed by atoms with Gasteiger partial charge in [-0.2, -0.15) is 5.26 Å². The summed E-state index contributed by atoms with van der Waals surface area (Å²) in [6.45, 7) is 3.73. The molecule has 3 unspecified atom stereocenters. The van der Waals surface area contributed by atoms with Crippen molar-refractivity contribution in [2.75, 3.05) is 13.1 Å². The summed E-state index contributed by atoms with van der Waals surface area (Å²) in [5.41, 5.74) is -0.551. The van der Waals surface area contributed by atoms with Crippen molar-refractivity contribution in [2.45, 2.75) is 63.5 Å². The first-order valence-electron chi connectivity index (χ1n) is 6.98. The summed E-state index contributed by atoms with van der Waals surface area (Å²) >= 11 is 0. The van der Waals surface area contributed by atoms with Crippen LogP contribution in [-0.4, -0.2) is 34.7 Å². The van der Waals surface area contributed by atoms with E-state index in [2.05, 4.69) is 11.0 Å². The average molecular weight is 236 g/mol. The van der Waals surface area contributed by atoms with Crippen LogP contribution in [0, 0.1) is 17.2 Å². The van der Waals surface area contributed by atoms with E-state index in [4.69, 9.17) is 0 Å². The van der Waals surface area contributed by atoms with E-state index in [1.54, 1.807) is 0 Å². The second-order valence-corrected chi connectivity index (χ2v) is 6.01. The highest BCUT2D eigenvalue weighted by atomic mass is 16.3. The molecule has 1 saturated carbocycles. The molecule has 0 aromatic carbocycles. The highest BCUT2D eigenvalue weighted by molar-refractivity contribution is 4.97. The third-order valence-corrected chi connectivity index (χ3v) is 4.32. The van der Waals surface area contributed by atoms with Crippen LogP contribution in [0.15, 0.2) is 0 Å². The van der Waals surface area contributed by atoms with Gasteiger partial charge in [0.1, 0.15) is 0 Å².